The van der Waals surface area contributed by atoms with E-state index in [1.165, 1.54) is 0 Å². The lowest BCUT2D eigenvalue weighted by Crippen LogP contribution is -2.35. The van der Waals surface area contributed by atoms with E-state index in [-0.39, 0.29) is 30.3 Å². The summed E-state index contributed by atoms with van der Waals surface area (Å²) in [4.78, 5) is 11.9. The van der Waals surface area contributed by atoms with E-state index in [4.69, 9.17) is 10.2 Å². The molecular formula is C13H22O3. The van der Waals surface area contributed by atoms with Gasteiger partial charge in [0.05, 0.1) is 0 Å². The minimum Gasteiger partial charge on any atom is -0.396 e. The lowest BCUT2D eigenvalue weighted by atomic mass is 9.64. The van der Waals surface area contributed by atoms with Gasteiger partial charge in [-0.3, -0.25) is 4.79 Å². The van der Waals surface area contributed by atoms with Crippen LogP contribution in [0.3, 0.4) is 0 Å². The summed E-state index contributed by atoms with van der Waals surface area (Å²) in [5.41, 5.74) is 1.76. The molecule has 0 aromatic heterocycles. The number of allylic oxidation sites excluding steroid dienone is 1. The zero-order valence-electron chi connectivity index (χ0n) is 10.4. The second kappa shape index (κ2) is 5.11. The van der Waals surface area contributed by atoms with E-state index in [2.05, 4.69) is 13.8 Å². The van der Waals surface area contributed by atoms with Crippen LogP contribution < -0.4 is 0 Å². The Morgan fingerprint density at radius 3 is 2.44 bits per heavy atom. The van der Waals surface area contributed by atoms with Crippen LogP contribution in [0.15, 0.2) is 11.1 Å². The average Bonchev–Trinajstić information content (AvgIpc) is 2.18. The molecule has 2 N–H and O–H groups in total. The lowest BCUT2D eigenvalue weighted by molar-refractivity contribution is -0.119. The molecule has 1 unspecified atom stereocenters. The van der Waals surface area contributed by atoms with Crippen molar-refractivity contribution in [3.8, 4) is 0 Å². The third-order valence-electron chi connectivity index (χ3n) is 3.67. The Morgan fingerprint density at radius 1 is 1.31 bits per heavy atom. The molecule has 0 saturated carbocycles. The number of carbonyl (C=O) groups excluding carboxylic acids is 1. The molecule has 0 fully saturated rings. The number of hydrogen-bond donors (Lipinski definition) is 2. The number of rotatable bonds is 4. The van der Waals surface area contributed by atoms with Crippen molar-refractivity contribution in [2.75, 3.05) is 13.2 Å². The van der Waals surface area contributed by atoms with Gasteiger partial charge >= 0.3 is 0 Å². The predicted molar refractivity (Wildman–Crippen MR) is 63.0 cm³/mol. The highest BCUT2D eigenvalue weighted by Crippen LogP contribution is 2.44. The second-order valence-corrected chi connectivity index (χ2v) is 5.29. The number of aliphatic hydroxyl groups excluding tert-OH is 2. The monoisotopic (exact) mass is 226 g/mol. The first-order valence-corrected chi connectivity index (χ1v) is 5.88. The first kappa shape index (κ1) is 13.4. The van der Waals surface area contributed by atoms with E-state index >= 15 is 0 Å². The minimum atomic E-state index is -0.0805. The summed E-state index contributed by atoms with van der Waals surface area (Å²) in [5, 5.41) is 18.1. The van der Waals surface area contributed by atoms with Crippen LogP contribution in [0.25, 0.3) is 0 Å². The van der Waals surface area contributed by atoms with Crippen LogP contribution in [0.2, 0.25) is 0 Å². The van der Waals surface area contributed by atoms with Crippen LogP contribution >= 0.6 is 0 Å². The van der Waals surface area contributed by atoms with Crippen molar-refractivity contribution in [2.24, 2.45) is 11.3 Å². The largest absolute Gasteiger partial charge is 0.396 e. The highest BCUT2D eigenvalue weighted by atomic mass is 16.3. The van der Waals surface area contributed by atoms with Gasteiger partial charge in [0, 0.05) is 19.6 Å². The lowest BCUT2D eigenvalue weighted by Gasteiger charge is -2.39. The fourth-order valence-corrected chi connectivity index (χ4v) is 2.84. The third-order valence-corrected chi connectivity index (χ3v) is 3.67. The van der Waals surface area contributed by atoms with Crippen molar-refractivity contribution in [2.45, 2.75) is 40.0 Å². The Bertz CT molecular complexity index is 302. The fraction of sp³-hybridized carbons (Fsp3) is 0.769. The molecule has 1 rings (SSSR count). The number of Topliss-reactive ketones (excluding diaryl/α,β-unsaturated/α-hetero) is 1. The van der Waals surface area contributed by atoms with Crippen molar-refractivity contribution in [1.29, 1.82) is 0 Å². The Labute approximate surface area is 97.2 Å². The molecule has 3 heteroatoms. The maximum Gasteiger partial charge on any atom is 0.159 e. The molecule has 0 heterocycles. The summed E-state index contributed by atoms with van der Waals surface area (Å²) in [6.45, 7) is 6.27. The first-order chi connectivity index (χ1) is 7.44. The Balaban J connectivity index is 3.06. The van der Waals surface area contributed by atoms with Crippen molar-refractivity contribution in [3.63, 3.8) is 0 Å². The minimum absolute atomic E-state index is 0.0185. The Morgan fingerprint density at radius 2 is 1.94 bits per heavy atom. The molecule has 0 saturated heterocycles. The van der Waals surface area contributed by atoms with Crippen molar-refractivity contribution in [3.05, 3.63) is 11.1 Å². The highest BCUT2D eigenvalue weighted by molar-refractivity contribution is 5.97. The quantitative estimate of drug-likeness (QED) is 0.767. The third kappa shape index (κ3) is 2.53. The van der Waals surface area contributed by atoms with E-state index in [0.717, 1.165) is 11.1 Å². The molecule has 0 amide bonds. The summed E-state index contributed by atoms with van der Waals surface area (Å²) >= 11 is 0. The van der Waals surface area contributed by atoms with E-state index in [1.54, 1.807) is 0 Å². The summed E-state index contributed by atoms with van der Waals surface area (Å²) < 4.78 is 0. The zero-order chi connectivity index (χ0) is 12.3. The molecule has 0 aromatic rings. The van der Waals surface area contributed by atoms with Crippen molar-refractivity contribution in [1.82, 2.24) is 0 Å². The van der Waals surface area contributed by atoms with Crippen LogP contribution in [0.4, 0.5) is 0 Å². The van der Waals surface area contributed by atoms with Gasteiger partial charge in [-0.1, -0.05) is 19.4 Å². The molecule has 16 heavy (non-hydrogen) atoms. The molecule has 92 valence electrons. The highest BCUT2D eigenvalue weighted by Gasteiger charge is 2.38. The summed E-state index contributed by atoms with van der Waals surface area (Å²) in [7, 11) is 0. The average molecular weight is 226 g/mol. The topological polar surface area (TPSA) is 57.5 Å². The molecular weight excluding hydrogens is 204 g/mol. The molecule has 0 radical (unpaired) electrons. The van der Waals surface area contributed by atoms with E-state index < -0.39 is 0 Å². The SMILES string of the molecule is CC1=C(CCO)C(=O)CC(C)(C)C1CCO. The normalized spacial score (nSPS) is 25.1. The Kier molecular flexibility index (Phi) is 4.28. The number of aliphatic hydroxyl groups is 2. The van der Waals surface area contributed by atoms with Gasteiger partial charge < -0.3 is 10.2 Å². The van der Waals surface area contributed by atoms with Gasteiger partial charge in [-0.15, -0.1) is 0 Å². The zero-order valence-corrected chi connectivity index (χ0v) is 10.4. The van der Waals surface area contributed by atoms with Gasteiger partial charge in [0.25, 0.3) is 0 Å². The van der Waals surface area contributed by atoms with Gasteiger partial charge in [0.15, 0.2) is 5.78 Å². The van der Waals surface area contributed by atoms with Crippen LogP contribution in [0, 0.1) is 11.3 Å². The molecule has 0 bridgehead atoms. The second-order valence-electron chi connectivity index (χ2n) is 5.29. The first-order valence-electron chi connectivity index (χ1n) is 5.88. The molecule has 0 spiro atoms. The molecule has 1 atom stereocenters. The maximum absolute atomic E-state index is 11.9. The van der Waals surface area contributed by atoms with E-state index in [9.17, 15) is 4.79 Å². The molecule has 1 aliphatic rings. The van der Waals surface area contributed by atoms with Crippen LogP contribution in [-0.4, -0.2) is 29.2 Å². The van der Waals surface area contributed by atoms with E-state index in [1.807, 2.05) is 6.92 Å². The smallest absolute Gasteiger partial charge is 0.159 e. The Hall–Kier alpha value is -0.670. The molecule has 0 aromatic carbocycles. The molecule has 3 nitrogen and oxygen atoms in total. The molecule has 0 aliphatic heterocycles. The summed E-state index contributed by atoms with van der Waals surface area (Å²) in [5.74, 6) is 0.405. The molecule has 1 aliphatic carbocycles. The number of carbonyl (C=O) groups is 1. The standard InChI is InChI=1S/C13H22O3/c1-9-10(4-6-14)12(16)8-13(2,3)11(9)5-7-15/h11,14-15H,4-8H2,1-3H3. The fourth-order valence-electron chi connectivity index (χ4n) is 2.84. The maximum atomic E-state index is 11.9. The van der Waals surface area contributed by atoms with Crippen molar-refractivity contribution >= 4 is 5.78 Å². The van der Waals surface area contributed by atoms with Gasteiger partial charge in [-0.2, -0.15) is 0 Å². The van der Waals surface area contributed by atoms with Gasteiger partial charge in [-0.25, -0.2) is 0 Å². The van der Waals surface area contributed by atoms with Crippen LogP contribution in [0.5, 0.6) is 0 Å². The van der Waals surface area contributed by atoms with Crippen LogP contribution in [0.1, 0.15) is 40.0 Å². The predicted octanol–water partition coefficient (Wildman–Crippen LogP) is 1.68. The summed E-state index contributed by atoms with van der Waals surface area (Å²) in [6, 6.07) is 0. The number of ketones is 1. The van der Waals surface area contributed by atoms with E-state index in [0.29, 0.717) is 19.3 Å². The van der Waals surface area contributed by atoms with Crippen LogP contribution in [-0.2, 0) is 4.79 Å². The van der Waals surface area contributed by atoms with Crippen molar-refractivity contribution < 1.29 is 15.0 Å². The van der Waals surface area contributed by atoms with Gasteiger partial charge in [0.2, 0.25) is 0 Å². The number of hydrogen-bond acceptors (Lipinski definition) is 3. The van der Waals surface area contributed by atoms with Gasteiger partial charge in [0.1, 0.15) is 0 Å². The summed E-state index contributed by atoms with van der Waals surface area (Å²) in [6.07, 6.45) is 1.66. The van der Waals surface area contributed by atoms with Gasteiger partial charge in [-0.05, 0) is 36.7 Å².